The topological polar surface area (TPSA) is 48.7 Å². The van der Waals surface area contributed by atoms with Crippen LogP contribution in [0.3, 0.4) is 0 Å². The van der Waals surface area contributed by atoms with Crippen LogP contribution in [0.4, 0.5) is 8.78 Å². The molecule has 0 amide bonds. The molecule has 1 aromatic carbocycles. The van der Waals surface area contributed by atoms with E-state index in [9.17, 15) is 13.6 Å². The summed E-state index contributed by atoms with van der Waals surface area (Å²) in [6, 6.07) is 3.60. The van der Waals surface area contributed by atoms with Gasteiger partial charge in [0.25, 0.3) is 0 Å². The Kier molecular flexibility index (Phi) is 3.88. The van der Waals surface area contributed by atoms with Crippen molar-refractivity contribution in [2.24, 2.45) is 0 Å². The molecule has 2 aromatic rings. The molecule has 0 bridgehead atoms. The monoisotopic (exact) mass is 334 g/mol. The maximum absolute atomic E-state index is 14.5. The molecule has 2 heterocycles. The van der Waals surface area contributed by atoms with Crippen LogP contribution in [0.1, 0.15) is 33.3 Å². The zero-order valence-corrected chi connectivity index (χ0v) is 13.9. The third-order valence-electron chi connectivity index (χ3n) is 4.53. The van der Waals surface area contributed by atoms with Gasteiger partial charge in [0.2, 0.25) is 0 Å². The molecule has 0 unspecified atom stereocenters. The van der Waals surface area contributed by atoms with E-state index in [0.29, 0.717) is 0 Å². The minimum atomic E-state index is -1.21. The molecule has 0 atom stereocenters. The first kappa shape index (κ1) is 16.9. The van der Waals surface area contributed by atoms with Crippen LogP contribution in [-0.4, -0.2) is 18.3 Å². The van der Waals surface area contributed by atoms with Crippen LogP contribution in [0.25, 0.3) is 17.0 Å². The average molecular weight is 334 g/mol. The SMILES string of the molecule is CC1(C)OB(C(F)=Cc2coc3ccc(F)cc3c2=O)OC1(C)C. The van der Waals surface area contributed by atoms with Gasteiger partial charge in [-0.15, -0.1) is 0 Å². The minimum absolute atomic E-state index is 0.0414. The standard InChI is InChI=1S/C17H17BF2O4/c1-16(2)17(3,4)24-18(23-16)14(20)7-10-9-22-13-6-5-11(19)8-12(13)15(10)21/h5-9H,1-4H3. The number of halogens is 2. The molecule has 7 heteroatoms. The van der Waals surface area contributed by atoms with Gasteiger partial charge in [-0.1, -0.05) is 0 Å². The molecule has 126 valence electrons. The summed E-state index contributed by atoms with van der Waals surface area (Å²) >= 11 is 0. The van der Waals surface area contributed by atoms with Crippen LogP contribution >= 0.6 is 0 Å². The van der Waals surface area contributed by atoms with Gasteiger partial charge in [0.05, 0.1) is 22.2 Å². The summed E-state index contributed by atoms with van der Waals surface area (Å²) in [6.07, 6.45) is 2.13. The summed E-state index contributed by atoms with van der Waals surface area (Å²) in [5.74, 6) is -0.567. The van der Waals surface area contributed by atoms with Gasteiger partial charge in [0.15, 0.2) is 5.43 Å². The molecule has 0 N–H and O–H groups in total. The Balaban J connectivity index is 1.99. The Hall–Kier alpha value is -1.99. The van der Waals surface area contributed by atoms with Crippen molar-refractivity contribution in [1.29, 1.82) is 0 Å². The Morgan fingerprint density at radius 3 is 2.42 bits per heavy atom. The lowest BCUT2D eigenvalue weighted by Gasteiger charge is -2.32. The Labute approximate surface area is 138 Å². The highest BCUT2D eigenvalue weighted by atomic mass is 19.1. The highest BCUT2D eigenvalue weighted by Crippen LogP contribution is 2.39. The molecular weight excluding hydrogens is 317 g/mol. The van der Waals surface area contributed by atoms with Crippen molar-refractivity contribution in [1.82, 2.24) is 0 Å². The van der Waals surface area contributed by atoms with Gasteiger partial charge in [0, 0.05) is 0 Å². The number of fused-ring (bicyclic) bond motifs is 1. The van der Waals surface area contributed by atoms with Crippen LogP contribution < -0.4 is 5.43 Å². The van der Waals surface area contributed by atoms with Gasteiger partial charge in [0.1, 0.15) is 23.4 Å². The van der Waals surface area contributed by atoms with Gasteiger partial charge in [-0.2, -0.15) is 0 Å². The van der Waals surface area contributed by atoms with Crippen LogP contribution in [0.5, 0.6) is 0 Å². The lowest BCUT2D eigenvalue weighted by molar-refractivity contribution is 0.00578. The quantitative estimate of drug-likeness (QED) is 0.782. The van der Waals surface area contributed by atoms with E-state index < -0.39 is 35.3 Å². The first-order valence-corrected chi connectivity index (χ1v) is 7.54. The summed E-state index contributed by atoms with van der Waals surface area (Å²) in [6.45, 7) is 7.20. The molecule has 1 aromatic heterocycles. The lowest BCUT2D eigenvalue weighted by atomic mass is 9.87. The molecule has 0 radical (unpaired) electrons. The fourth-order valence-corrected chi connectivity index (χ4v) is 2.39. The Morgan fingerprint density at radius 1 is 1.17 bits per heavy atom. The first-order valence-electron chi connectivity index (χ1n) is 7.54. The second kappa shape index (κ2) is 5.53. The third-order valence-corrected chi connectivity index (χ3v) is 4.53. The van der Waals surface area contributed by atoms with E-state index in [2.05, 4.69) is 0 Å². The smallest absolute Gasteiger partial charge is 0.463 e. The average Bonchev–Trinajstić information content (AvgIpc) is 2.71. The van der Waals surface area contributed by atoms with Crippen molar-refractivity contribution in [3.05, 3.63) is 51.8 Å². The first-order chi connectivity index (χ1) is 11.1. The normalized spacial score (nSPS) is 19.9. The zero-order valence-electron chi connectivity index (χ0n) is 13.9. The van der Waals surface area contributed by atoms with Crippen molar-refractivity contribution in [2.45, 2.75) is 38.9 Å². The molecule has 3 rings (SSSR count). The highest BCUT2D eigenvalue weighted by molar-refractivity contribution is 6.54. The van der Waals surface area contributed by atoms with Crippen molar-refractivity contribution in [2.75, 3.05) is 0 Å². The van der Waals surface area contributed by atoms with Crippen molar-refractivity contribution >= 4 is 24.2 Å². The van der Waals surface area contributed by atoms with Gasteiger partial charge >= 0.3 is 7.12 Å². The van der Waals surface area contributed by atoms with Gasteiger partial charge in [-0.25, -0.2) is 8.78 Å². The van der Waals surface area contributed by atoms with Crippen LogP contribution in [0, 0.1) is 5.82 Å². The molecule has 1 fully saturated rings. The van der Waals surface area contributed by atoms with E-state index in [1.165, 1.54) is 12.1 Å². The summed E-state index contributed by atoms with van der Waals surface area (Å²) < 4.78 is 44.3. The highest BCUT2D eigenvalue weighted by Gasteiger charge is 2.53. The number of benzene rings is 1. The summed E-state index contributed by atoms with van der Waals surface area (Å²) in [5.41, 5.74) is -2.48. The van der Waals surface area contributed by atoms with Gasteiger partial charge in [-0.05, 0) is 52.0 Å². The second-order valence-electron chi connectivity index (χ2n) is 6.78. The Bertz CT molecular complexity index is 870. The molecule has 1 saturated heterocycles. The minimum Gasteiger partial charge on any atom is -0.463 e. The third kappa shape index (κ3) is 2.78. The largest absolute Gasteiger partial charge is 0.525 e. The van der Waals surface area contributed by atoms with Crippen molar-refractivity contribution < 1.29 is 22.5 Å². The summed E-state index contributed by atoms with van der Waals surface area (Å²) in [5, 5.41) is 0.0467. The molecule has 0 saturated carbocycles. The second-order valence-corrected chi connectivity index (χ2v) is 6.78. The van der Waals surface area contributed by atoms with Crippen molar-refractivity contribution in [3.63, 3.8) is 0 Å². The van der Waals surface area contributed by atoms with Crippen molar-refractivity contribution in [3.8, 4) is 0 Å². The lowest BCUT2D eigenvalue weighted by Crippen LogP contribution is -2.41. The maximum atomic E-state index is 14.5. The van der Waals surface area contributed by atoms with E-state index >= 15 is 0 Å². The molecule has 1 aliphatic heterocycles. The molecule has 24 heavy (non-hydrogen) atoms. The molecule has 1 aliphatic rings. The molecule has 0 spiro atoms. The molecular formula is C17H17BF2O4. The summed E-state index contributed by atoms with van der Waals surface area (Å²) in [7, 11) is -1.21. The van der Waals surface area contributed by atoms with Crippen LogP contribution in [0.15, 0.2) is 39.4 Å². The Morgan fingerprint density at radius 2 is 1.79 bits per heavy atom. The van der Waals surface area contributed by atoms with Gasteiger partial charge < -0.3 is 13.7 Å². The van der Waals surface area contributed by atoms with Crippen LogP contribution in [0.2, 0.25) is 0 Å². The van der Waals surface area contributed by atoms with E-state index in [1.54, 1.807) is 27.7 Å². The number of rotatable bonds is 2. The van der Waals surface area contributed by atoms with E-state index in [-0.39, 0.29) is 16.5 Å². The molecule has 4 nitrogen and oxygen atoms in total. The predicted octanol–water partition coefficient (Wildman–Crippen LogP) is 3.87. The fraction of sp³-hybridized carbons (Fsp3) is 0.353. The number of hydrogen-bond donors (Lipinski definition) is 0. The molecule has 0 aliphatic carbocycles. The van der Waals surface area contributed by atoms with Gasteiger partial charge in [-0.3, -0.25) is 4.79 Å². The van der Waals surface area contributed by atoms with E-state index in [1.807, 2.05) is 0 Å². The summed E-state index contributed by atoms with van der Waals surface area (Å²) in [4.78, 5) is 12.4. The fourth-order valence-electron chi connectivity index (χ4n) is 2.39. The van der Waals surface area contributed by atoms with E-state index in [0.717, 1.165) is 18.4 Å². The predicted molar refractivity (Wildman–Crippen MR) is 87.6 cm³/mol. The zero-order chi connectivity index (χ0) is 17.7. The number of hydrogen-bond acceptors (Lipinski definition) is 4. The van der Waals surface area contributed by atoms with Crippen LogP contribution in [-0.2, 0) is 9.31 Å². The van der Waals surface area contributed by atoms with E-state index in [4.69, 9.17) is 13.7 Å². The maximum Gasteiger partial charge on any atom is 0.525 e.